The zero-order valence-electron chi connectivity index (χ0n) is 11.9. The number of pyridine rings is 1. The lowest BCUT2D eigenvalue weighted by molar-refractivity contribution is -0.384. The summed E-state index contributed by atoms with van der Waals surface area (Å²) in [6, 6.07) is 1.62. The van der Waals surface area contributed by atoms with Crippen molar-refractivity contribution in [2.75, 3.05) is 11.9 Å². The van der Waals surface area contributed by atoms with E-state index in [1.54, 1.807) is 19.2 Å². The first-order valence-corrected chi connectivity index (χ1v) is 6.96. The third kappa shape index (κ3) is 2.90. The fourth-order valence-electron chi connectivity index (χ4n) is 2.76. The van der Waals surface area contributed by atoms with Gasteiger partial charge in [0.2, 0.25) is 5.82 Å². The van der Waals surface area contributed by atoms with Crippen LogP contribution in [0.2, 0.25) is 0 Å². The van der Waals surface area contributed by atoms with Crippen LogP contribution < -0.4 is 5.32 Å². The van der Waals surface area contributed by atoms with Crippen LogP contribution in [0.5, 0.6) is 0 Å². The highest BCUT2D eigenvalue weighted by Gasteiger charge is 2.35. The molecule has 0 saturated heterocycles. The molecule has 0 bridgehead atoms. The molecule has 0 amide bonds. The number of aromatic nitrogens is 1. The second-order valence-corrected chi connectivity index (χ2v) is 5.83. The van der Waals surface area contributed by atoms with E-state index in [1.807, 2.05) is 0 Å². The summed E-state index contributed by atoms with van der Waals surface area (Å²) in [7, 11) is 0. The molecule has 0 spiro atoms. The van der Waals surface area contributed by atoms with Crippen molar-refractivity contribution in [3.63, 3.8) is 0 Å². The van der Waals surface area contributed by atoms with Crippen LogP contribution in [-0.2, 0) is 0 Å². The molecule has 6 nitrogen and oxygen atoms in total. The van der Waals surface area contributed by atoms with Crippen molar-refractivity contribution in [2.24, 2.45) is 5.92 Å². The maximum absolute atomic E-state index is 11.2. The maximum atomic E-state index is 11.2. The molecule has 1 aromatic rings. The molecule has 1 fully saturated rings. The molecule has 0 atom stereocenters. The van der Waals surface area contributed by atoms with Crippen LogP contribution in [0.1, 0.15) is 38.2 Å². The summed E-state index contributed by atoms with van der Waals surface area (Å²) < 4.78 is 0. The monoisotopic (exact) mass is 279 g/mol. The number of aliphatic hydroxyl groups excluding tert-OH is 1. The number of hydrogen-bond acceptors (Lipinski definition) is 5. The molecule has 20 heavy (non-hydrogen) atoms. The topological polar surface area (TPSA) is 88.3 Å². The lowest BCUT2D eigenvalue weighted by Gasteiger charge is -2.39. The molecule has 0 unspecified atom stereocenters. The third-order valence-corrected chi connectivity index (χ3v) is 4.23. The van der Waals surface area contributed by atoms with Gasteiger partial charge in [0.15, 0.2) is 0 Å². The molecule has 1 aliphatic rings. The number of hydrogen-bond donors (Lipinski definition) is 2. The normalized spacial score (nSPS) is 26.2. The summed E-state index contributed by atoms with van der Waals surface area (Å²) in [4.78, 5) is 14.9. The number of aliphatic hydroxyl groups is 1. The molecule has 1 aliphatic carbocycles. The van der Waals surface area contributed by atoms with E-state index < -0.39 is 10.5 Å². The van der Waals surface area contributed by atoms with Gasteiger partial charge in [0, 0.05) is 11.8 Å². The summed E-state index contributed by atoms with van der Waals surface area (Å²) >= 11 is 0. The molecular formula is C14H21N3O3. The van der Waals surface area contributed by atoms with Crippen molar-refractivity contribution < 1.29 is 10.0 Å². The average Bonchev–Trinajstić information content (AvgIpc) is 2.41. The average molecular weight is 279 g/mol. The van der Waals surface area contributed by atoms with E-state index in [2.05, 4.69) is 17.2 Å². The van der Waals surface area contributed by atoms with Crippen LogP contribution >= 0.6 is 0 Å². The lowest BCUT2D eigenvalue weighted by atomic mass is 9.77. The van der Waals surface area contributed by atoms with Gasteiger partial charge in [0.25, 0.3) is 0 Å². The Bertz CT molecular complexity index is 496. The lowest BCUT2D eigenvalue weighted by Crippen LogP contribution is -2.45. The van der Waals surface area contributed by atoms with Gasteiger partial charge in [0.05, 0.1) is 17.1 Å². The Morgan fingerprint density at radius 2 is 2.20 bits per heavy atom. The van der Waals surface area contributed by atoms with Crippen LogP contribution in [0.25, 0.3) is 0 Å². The highest BCUT2D eigenvalue weighted by molar-refractivity contribution is 5.61. The van der Waals surface area contributed by atoms with Gasteiger partial charge in [-0.3, -0.25) is 10.1 Å². The van der Waals surface area contributed by atoms with E-state index in [-0.39, 0.29) is 18.1 Å². The summed E-state index contributed by atoms with van der Waals surface area (Å²) in [6.45, 7) is 3.85. The number of nitro groups is 1. The smallest absolute Gasteiger partial charge is 0.314 e. The maximum Gasteiger partial charge on any atom is 0.314 e. The van der Waals surface area contributed by atoms with E-state index in [0.29, 0.717) is 11.5 Å². The highest BCUT2D eigenvalue weighted by Crippen LogP contribution is 2.36. The number of nitrogens with zero attached hydrogens (tertiary/aromatic N) is 2. The Morgan fingerprint density at radius 3 is 2.75 bits per heavy atom. The van der Waals surface area contributed by atoms with Crippen molar-refractivity contribution in [1.29, 1.82) is 0 Å². The van der Waals surface area contributed by atoms with Gasteiger partial charge in [-0.15, -0.1) is 0 Å². The van der Waals surface area contributed by atoms with E-state index in [9.17, 15) is 15.2 Å². The minimum Gasteiger partial charge on any atom is -0.394 e. The molecule has 0 aliphatic heterocycles. The zero-order chi connectivity index (χ0) is 14.8. The molecule has 1 heterocycles. The Labute approximate surface area is 118 Å². The Hall–Kier alpha value is -1.69. The van der Waals surface area contributed by atoms with E-state index >= 15 is 0 Å². The standard InChI is InChI=1S/C14H21N3O3/c1-10-3-6-14(9-18,7-4-10)16-13-12(17(19)20)11(2)5-8-15-13/h5,8,10,18H,3-4,6-7,9H2,1-2H3,(H,15,16). The van der Waals surface area contributed by atoms with Gasteiger partial charge in [-0.2, -0.15) is 0 Å². The van der Waals surface area contributed by atoms with Crippen LogP contribution in [0.3, 0.4) is 0 Å². The molecule has 2 rings (SSSR count). The minimum atomic E-state index is -0.488. The number of rotatable bonds is 4. The van der Waals surface area contributed by atoms with Gasteiger partial charge >= 0.3 is 5.69 Å². The van der Waals surface area contributed by atoms with Crippen LogP contribution in [0.4, 0.5) is 11.5 Å². The predicted octanol–water partition coefficient (Wildman–Crippen LogP) is 2.65. The first kappa shape index (κ1) is 14.7. The fraction of sp³-hybridized carbons (Fsp3) is 0.643. The Kier molecular flexibility index (Phi) is 4.23. The second-order valence-electron chi connectivity index (χ2n) is 5.83. The second kappa shape index (κ2) is 5.75. The Morgan fingerprint density at radius 1 is 1.55 bits per heavy atom. The van der Waals surface area contributed by atoms with E-state index in [1.165, 1.54) is 0 Å². The first-order chi connectivity index (χ1) is 9.47. The molecule has 0 aromatic carbocycles. The predicted molar refractivity (Wildman–Crippen MR) is 76.7 cm³/mol. The first-order valence-electron chi connectivity index (χ1n) is 6.96. The summed E-state index contributed by atoms with van der Waals surface area (Å²) in [5, 5.41) is 24.1. The molecule has 1 saturated carbocycles. The van der Waals surface area contributed by atoms with E-state index in [0.717, 1.165) is 25.7 Å². The number of aryl methyl sites for hydroxylation is 1. The van der Waals surface area contributed by atoms with Crippen molar-refractivity contribution in [3.05, 3.63) is 27.9 Å². The molecule has 0 radical (unpaired) electrons. The molecule has 6 heteroatoms. The van der Waals surface area contributed by atoms with Crippen molar-refractivity contribution in [3.8, 4) is 0 Å². The van der Waals surface area contributed by atoms with Gasteiger partial charge in [-0.25, -0.2) is 4.98 Å². The SMILES string of the molecule is Cc1ccnc(NC2(CO)CCC(C)CC2)c1[N+](=O)[O-]. The van der Waals surface area contributed by atoms with E-state index in [4.69, 9.17) is 0 Å². The summed E-state index contributed by atoms with van der Waals surface area (Å²) in [5.41, 5.74) is 0.0849. The van der Waals surface area contributed by atoms with Gasteiger partial charge in [-0.1, -0.05) is 6.92 Å². The van der Waals surface area contributed by atoms with Crippen molar-refractivity contribution in [2.45, 2.75) is 45.1 Å². The van der Waals surface area contributed by atoms with Gasteiger partial charge in [0.1, 0.15) is 0 Å². The summed E-state index contributed by atoms with van der Waals surface area (Å²) in [6.07, 6.45) is 5.18. The molecule has 1 aromatic heterocycles. The third-order valence-electron chi connectivity index (χ3n) is 4.23. The largest absolute Gasteiger partial charge is 0.394 e. The number of anilines is 1. The highest BCUT2D eigenvalue weighted by atomic mass is 16.6. The van der Waals surface area contributed by atoms with Crippen molar-refractivity contribution in [1.82, 2.24) is 4.98 Å². The zero-order valence-corrected chi connectivity index (χ0v) is 11.9. The quantitative estimate of drug-likeness (QED) is 0.653. The molecular weight excluding hydrogens is 258 g/mol. The van der Waals surface area contributed by atoms with Crippen LogP contribution in [0, 0.1) is 23.0 Å². The number of nitrogens with one attached hydrogen (secondary N) is 1. The molecule has 2 N–H and O–H groups in total. The van der Waals surface area contributed by atoms with Gasteiger partial charge < -0.3 is 10.4 Å². The van der Waals surface area contributed by atoms with Crippen LogP contribution in [-0.4, -0.2) is 27.2 Å². The molecule has 110 valence electrons. The Balaban J connectivity index is 2.28. The minimum absolute atomic E-state index is 0.000975. The van der Waals surface area contributed by atoms with Crippen LogP contribution in [0.15, 0.2) is 12.3 Å². The summed E-state index contributed by atoms with van der Waals surface area (Å²) in [5.74, 6) is 0.899. The fourth-order valence-corrected chi connectivity index (χ4v) is 2.76. The van der Waals surface area contributed by atoms with Crippen molar-refractivity contribution >= 4 is 11.5 Å². The van der Waals surface area contributed by atoms with Gasteiger partial charge in [-0.05, 0) is 44.6 Å².